The van der Waals surface area contributed by atoms with Crippen molar-refractivity contribution in [3.05, 3.63) is 29.8 Å². The Morgan fingerprint density at radius 2 is 1.82 bits per heavy atom. The number of alkyl halides is 3. The molecule has 22 heavy (non-hydrogen) atoms. The molecule has 1 aromatic rings. The zero-order valence-electron chi connectivity index (χ0n) is 11.8. The highest BCUT2D eigenvalue weighted by Crippen LogP contribution is 2.34. The molecular weight excluding hydrogens is 301 g/mol. The zero-order chi connectivity index (χ0) is 16.5. The molecule has 1 aromatic carbocycles. The van der Waals surface area contributed by atoms with E-state index in [4.69, 9.17) is 0 Å². The Kier molecular flexibility index (Phi) is 4.74. The number of β-amino-alcohol motifs (C(OH)–C–C–N with tert-alkyl or cyclic N) is 2. The largest absolute Gasteiger partial charge is 0.418 e. The number of carbonyl (C=O) groups excluding carboxylic acids is 1. The molecule has 2 rings (SSSR count). The third kappa shape index (κ3) is 3.57. The molecule has 0 radical (unpaired) electrons. The van der Waals surface area contributed by atoms with Gasteiger partial charge >= 0.3 is 6.18 Å². The molecule has 0 bridgehead atoms. The van der Waals surface area contributed by atoms with Gasteiger partial charge in [0.1, 0.15) is 0 Å². The van der Waals surface area contributed by atoms with Crippen LogP contribution < -0.4 is 5.32 Å². The van der Waals surface area contributed by atoms with Gasteiger partial charge < -0.3 is 15.5 Å². The van der Waals surface area contributed by atoms with Crippen molar-refractivity contribution >= 4 is 11.6 Å². The second kappa shape index (κ2) is 6.23. The van der Waals surface area contributed by atoms with Crippen LogP contribution in [-0.2, 0) is 11.0 Å². The molecule has 1 aliphatic rings. The number of benzene rings is 1. The smallest absolute Gasteiger partial charge is 0.389 e. The van der Waals surface area contributed by atoms with Crippen LogP contribution in [0.1, 0.15) is 12.5 Å². The van der Waals surface area contributed by atoms with Crippen LogP contribution in [0.3, 0.4) is 0 Å². The quantitative estimate of drug-likeness (QED) is 0.779. The number of carbonyl (C=O) groups is 1. The van der Waals surface area contributed by atoms with Gasteiger partial charge in [-0.15, -0.1) is 0 Å². The van der Waals surface area contributed by atoms with Crippen molar-refractivity contribution in [1.29, 1.82) is 0 Å². The van der Waals surface area contributed by atoms with Crippen LogP contribution in [0.4, 0.5) is 18.9 Å². The lowest BCUT2D eigenvalue weighted by Crippen LogP contribution is -2.41. The first kappa shape index (κ1) is 16.7. The van der Waals surface area contributed by atoms with E-state index in [-0.39, 0.29) is 18.8 Å². The van der Waals surface area contributed by atoms with Crippen molar-refractivity contribution in [3.63, 3.8) is 0 Å². The Balaban J connectivity index is 2.10. The number of para-hydroxylation sites is 1. The summed E-state index contributed by atoms with van der Waals surface area (Å²) in [4.78, 5) is 13.6. The van der Waals surface area contributed by atoms with Crippen LogP contribution in [0, 0.1) is 0 Å². The third-order valence-corrected chi connectivity index (χ3v) is 3.70. The van der Waals surface area contributed by atoms with Crippen LogP contribution in [0.5, 0.6) is 0 Å². The van der Waals surface area contributed by atoms with Crippen LogP contribution in [0.15, 0.2) is 24.3 Å². The summed E-state index contributed by atoms with van der Waals surface area (Å²) in [5, 5.41) is 21.2. The first-order valence-electron chi connectivity index (χ1n) is 6.77. The molecule has 1 amide bonds. The average molecular weight is 318 g/mol. The van der Waals surface area contributed by atoms with Gasteiger partial charge in [0.15, 0.2) is 0 Å². The summed E-state index contributed by atoms with van der Waals surface area (Å²) in [6.45, 7) is 1.70. The first-order valence-corrected chi connectivity index (χ1v) is 6.77. The molecule has 0 aliphatic carbocycles. The maximum Gasteiger partial charge on any atom is 0.418 e. The van der Waals surface area contributed by atoms with Crippen LogP contribution in [-0.4, -0.2) is 52.4 Å². The number of nitrogens with one attached hydrogen (secondary N) is 1. The number of halogens is 3. The highest BCUT2D eigenvalue weighted by atomic mass is 19.4. The molecule has 1 heterocycles. The van der Waals surface area contributed by atoms with Crippen molar-refractivity contribution in [2.24, 2.45) is 0 Å². The van der Waals surface area contributed by atoms with Crippen LogP contribution in [0.2, 0.25) is 0 Å². The van der Waals surface area contributed by atoms with Crippen LogP contribution >= 0.6 is 0 Å². The highest BCUT2D eigenvalue weighted by Gasteiger charge is 2.36. The maximum atomic E-state index is 12.9. The minimum Gasteiger partial charge on any atom is -0.389 e. The number of likely N-dealkylation sites (tertiary alicyclic amines) is 1. The minimum atomic E-state index is -4.56. The minimum absolute atomic E-state index is 0.0939. The monoisotopic (exact) mass is 318 g/mol. The van der Waals surface area contributed by atoms with Crippen molar-refractivity contribution in [1.82, 2.24) is 4.90 Å². The Morgan fingerprint density at radius 1 is 1.27 bits per heavy atom. The summed E-state index contributed by atoms with van der Waals surface area (Å²) in [6.07, 6.45) is -6.48. The first-order chi connectivity index (χ1) is 10.2. The fourth-order valence-electron chi connectivity index (χ4n) is 2.36. The lowest BCUT2D eigenvalue weighted by Gasteiger charge is -2.23. The van der Waals surface area contributed by atoms with Gasteiger partial charge in [-0.05, 0) is 19.1 Å². The molecule has 5 nitrogen and oxygen atoms in total. The van der Waals surface area contributed by atoms with E-state index in [1.165, 1.54) is 30.0 Å². The molecule has 0 aromatic heterocycles. The maximum absolute atomic E-state index is 12.9. The molecule has 3 atom stereocenters. The van der Waals surface area contributed by atoms with E-state index in [2.05, 4.69) is 5.32 Å². The van der Waals surface area contributed by atoms with Crippen molar-refractivity contribution in [2.75, 3.05) is 18.4 Å². The van der Waals surface area contributed by atoms with Gasteiger partial charge in [-0.2, -0.15) is 13.2 Å². The SMILES string of the molecule is CC(C(=O)Nc1ccccc1C(F)(F)F)N1C[C@@H](O)[C@@H](O)C1. The molecule has 1 unspecified atom stereocenters. The van der Waals surface area contributed by atoms with E-state index in [1.807, 2.05) is 0 Å². The average Bonchev–Trinajstić information content (AvgIpc) is 2.77. The second-order valence-corrected chi connectivity index (χ2v) is 5.30. The topological polar surface area (TPSA) is 72.8 Å². The van der Waals surface area contributed by atoms with E-state index < -0.39 is 35.9 Å². The predicted octanol–water partition coefficient (Wildman–Crippen LogP) is 1.07. The summed E-state index contributed by atoms with van der Waals surface area (Å²) in [5.41, 5.74) is -1.23. The molecule has 1 fully saturated rings. The van der Waals surface area contributed by atoms with Gasteiger partial charge in [0.2, 0.25) is 5.91 Å². The fourth-order valence-corrected chi connectivity index (χ4v) is 2.36. The molecular formula is C14H17F3N2O3. The summed E-state index contributed by atoms with van der Waals surface area (Å²) in [7, 11) is 0. The van der Waals surface area contributed by atoms with Gasteiger partial charge in [0.05, 0.1) is 29.5 Å². The Labute approximate surface area is 125 Å². The molecule has 0 spiro atoms. The molecule has 8 heteroatoms. The number of amides is 1. The standard InChI is InChI=1S/C14H17F3N2O3/c1-8(19-6-11(20)12(21)7-19)13(22)18-10-5-3-2-4-9(10)14(15,16)17/h2-5,8,11-12,20-21H,6-7H2,1H3,(H,18,22)/t8?,11-,12+. The lowest BCUT2D eigenvalue weighted by molar-refractivity contribution is -0.137. The third-order valence-electron chi connectivity index (χ3n) is 3.70. The number of nitrogens with zero attached hydrogens (tertiary/aromatic N) is 1. The number of aliphatic hydroxyl groups excluding tert-OH is 2. The molecule has 1 saturated heterocycles. The Bertz CT molecular complexity index is 540. The number of anilines is 1. The summed E-state index contributed by atoms with van der Waals surface area (Å²) in [6, 6.07) is 3.95. The Morgan fingerprint density at radius 3 is 2.36 bits per heavy atom. The zero-order valence-corrected chi connectivity index (χ0v) is 11.8. The normalized spacial score (nSPS) is 24.3. The molecule has 122 valence electrons. The molecule has 0 saturated carbocycles. The van der Waals surface area contributed by atoms with Gasteiger partial charge in [0, 0.05) is 13.1 Å². The summed E-state index contributed by atoms with van der Waals surface area (Å²) in [5.74, 6) is -0.627. The van der Waals surface area contributed by atoms with E-state index >= 15 is 0 Å². The van der Waals surface area contributed by atoms with E-state index in [0.717, 1.165) is 6.07 Å². The number of rotatable bonds is 3. The fraction of sp³-hybridized carbons (Fsp3) is 0.500. The highest BCUT2D eigenvalue weighted by molar-refractivity contribution is 5.95. The summed E-state index contributed by atoms with van der Waals surface area (Å²) >= 11 is 0. The van der Waals surface area contributed by atoms with Gasteiger partial charge in [-0.3, -0.25) is 9.69 Å². The summed E-state index contributed by atoms with van der Waals surface area (Å²) < 4.78 is 38.6. The van der Waals surface area contributed by atoms with Gasteiger partial charge in [-0.1, -0.05) is 12.1 Å². The second-order valence-electron chi connectivity index (χ2n) is 5.30. The van der Waals surface area contributed by atoms with Crippen molar-refractivity contribution in [2.45, 2.75) is 31.3 Å². The van der Waals surface area contributed by atoms with Crippen molar-refractivity contribution in [3.8, 4) is 0 Å². The van der Waals surface area contributed by atoms with E-state index in [9.17, 15) is 28.2 Å². The number of hydrogen-bond acceptors (Lipinski definition) is 4. The van der Waals surface area contributed by atoms with E-state index in [0.29, 0.717) is 0 Å². The number of hydrogen-bond donors (Lipinski definition) is 3. The number of aliphatic hydroxyl groups is 2. The van der Waals surface area contributed by atoms with E-state index in [1.54, 1.807) is 0 Å². The molecule has 1 aliphatic heterocycles. The lowest BCUT2D eigenvalue weighted by atomic mass is 10.1. The van der Waals surface area contributed by atoms with Gasteiger partial charge in [0.25, 0.3) is 0 Å². The van der Waals surface area contributed by atoms with Crippen molar-refractivity contribution < 1.29 is 28.2 Å². The predicted molar refractivity (Wildman–Crippen MR) is 73.1 cm³/mol. The van der Waals surface area contributed by atoms with Gasteiger partial charge in [-0.25, -0.2) is 0 Å². The van der Waals surface area contributed by atoms with Crippen LogP contribution in [0.25, 0.3) is 0 Å². The molecule has 3 N–H and O–H groups in total. The Hall–Kier alpha value is -1.64.